The Labute approximate surface area is 183 Å². The fourth-order valence-corrected chi connectivity index (χ4v) is 3.91. The van der Waals surface area contributed by atoms with Gasteiger partial charge in [0.2, 0.25) is 6.54 Å². The van der Waals surface area contributed by atoms with Crippen LogP contribution < -0.4 is 9.30 Å². The Bertz CT molecular complexity index is 1040. The average Bonchev–Trinajstić information content (AvgIpc) is 3.27. The molecular weight excluding hydrogens is 386 g/mol. The molecule has 0 saturated carbocycles. The lowest BCUT2D eigenvalue weighted by Gasteiger charge is -2.21. The summed E-state index contributed by atoms with van der Waals surface area (Å²) in [6.45, 7) is 2.42. The van der Waals surface area contributed by atoms with Crippen LogP contribution in [0.3, 0.4) is 0 Å². The lowest BCUT2D eigenvalue weighted by Crippen LogP contribution is -2.42. The first-order valence-corrected chi connectivity index (χ1v) is 10.7. The van der Waals surface area contributed by atoms with Crippen LogP contribution in [0.4, 0.5) is 0 Å². The monoisotopic (exact) mass is 414 g/mol. The summed E-state index contributed by atoms with van der Waals surface area (Å²) in [6.07, 6.45) is 6.79. The third kappa shape index (κ3) is 4.82. The summed E-state index contributed by atoms with van der Waals surface area (Å²) in [5.74, 6) is 0.770. The Morgan fingerprint density at radius 1 is 1.06 bits per heavy atom. The molecule has 0 saturated heterocycles. The Morgan fingerprint density at radius 3 is 2.42 bits per heavy atom. The summed E-state index contributed by atoms with van der Waals surface area (Å²) in [6, 6.07) is 22.0. The van der Waals surface area contributed by atoms with Crippen LogP contribution in [0.15, 0.2) is 84.2 Å². The molecule has 2 aromatic carbocycles. The van der Waals surface area contributed by atoms with E-state index in [-0.39, 0.29) is 18.5 Å². The molecule has 2 heterocycles. The van der Waals surface area contributed by atoms with E-state index < -0.39 is 0 Å². The number of amides is 1. The van der Waals surface area contributed by atoms with Crippen LogP contribution in [0.5, 0.6) is 5.75 Å². The molecule has 0 aliphatic carbocycles. The van der Waals surface area contributed by atoms with E-state index in [1.54, 1.807) is 12.1 Å². The molecule has 3 aromatic rings. The van der Waals surface area contributed by atoms with Crippen molar-refractivity contribution in [2.75, 3.05) is 7.11 Å². The number of carbonyl (C=O) groups excluding carboxylic acids is 1. The summed E-state index contributed by atoms with van der Waals surface area (Å²) in [5, 5.41) is 6.41. The molecule has 1 aromatic heterocycles. The maximum Gasteiger partial charge on any atom is 0.309 e. The first-order chi connectivity index (χ1) is 15.2. The number of nitrogens with zero attached hydrogens (tertiary/aromatic N) is 3. The predicted octanol–water partition coefficient (Wildman–Crippen LogP) is 4.31. The number of hydrazone groups is 1. The fourth-order valence-electron chi connectivity index (χ4n) is 3.91. The van der Waals surface area contributed by atoms with Crippen LogP contribution in [0.25, 0.3) is 0 Å². The molecule has 0 spiro atoms. The number of methoxy groups -OCH3 is 1. The van der Waals surface area contributed by atoms with Gasteiger partial charge in [0, 0.05) is 18.6 Å². The maximum atomic E-state index is 13.3. The normalized spacial score (nSPS) is 15.6. The van der Waals surface area contributed by atoms with Gasteiger partial charge in [-0.3, -0.25) is 4.79 Å². The SMILES string of the molecule is CCCc1cc[n+](CC(=O)N2N=C(c3ccccc3)C[C@H]2c2ccc(OC)cc2)cc1. The van der Waals surface area contributed by atoms with E-state index >= 15 is 0 Å². The first kappa shape index (κ1) is 20.8. The second kappa shape index (κ2) is 9.56. The fraction of sp³-hybridized carbons (Fsp3) is 0.269. The smallest absolute Gasteiger partial charge is 0.309 e. The number of rotatable bonds is 7. The van der Waals surface area contributed by atoms with Crippen molar-refractivity contribution >= 4 is 11.6 Å². The first-order valence-electron chi connectivity index (χ1n) is 10.7. The summed E-state index contributed by atoms with van der Waals surface area (Å²) in [7, 11) is 1.65. The van der Waals surface area contributed by atoms with Crippen LogP contribution >= 0.6 is 0 Å². The number of hydrogen-bond acceptors (Lipinski definition) is 3. The second-order valence-electron chi connectivity index (χ2n) is 7.77. The Hall–Kier alpha value is -3.47. The molecule has 5 nitrogen and oxygen atoms in total. The van der Waals surface area contributed by atoms with Crippen LogP contribution in [0.2, 0.25) is 0 Å². The van der Waals surface area contributed by atoms with E-state index in [4.69, 9.17) is 9.84 Å². The van der Waals surface area contributed by atoms with Gasteiger partial charge in [-0.15, -0.1) is 0 Å². The molecule has 158 valence electrons. The van der Waals surface area contributed by atoms with Gasteiger partial charge in [-0.1, -0.05) is 55.8 Å². The Balaban J connectivity index is 1.59. The van der Waals surface area contributed by atoms with Crippen molar-refractivity contribution in [3.8, 4) is 5.75 Å². The van der Waals surface area contributed by atoms with E-state index in [0.29, 0.717) is 6.42 Å². The van der Waals surface area contributed by atoms with Gasteiger partial charge < -0.3 is 4.74 Å². The zero-order valence-electron chi connectivity index (χ0n) is 18.1. The third-order valence-corrected chi connectivity index (χ3v) is 5.59. The minimum absolute atomic E-state index is 0.0278. The molecule has 1 aliphatic heterocycles. The van der Waals surface area contributed by atoms with E-state index in [1.165, 1.54) is 5.56 Å². The molecule has 0 unspecified atom stereocenters. The lowest BCUT2D eigenvalue weighted by atomic mass is 9.98. The van der Waals surface area contributed by atoms with Gasteiger partial charge in [0.05, 0.1) is 18.9 Å². The number of ether oxygens (including phenoxy) is 1. The van der Waals surface area contributed by atoms with Crippen molar-refractivity contribution in [1.29, 1.82) is 0 Å². The van der Waals surface area contributed by atoms with Crippen LogP contribution in [0, 0.1) is 0 Å². The van der Waals surface area contributed by atoms with Crippen LogP contribution in [-0.2, 0) is 17.8 Å². The lowest BCUT2D eigenvalue weighted by molar-refractivity contribution is -0.685. The summed E-state index contributed by atoms with van der Waals surface area (Å²) < 4.78 is 7.21. The summed E-state index contributed by atoms with van der Waals surface area (Å²) in [4.78, 5) is 13.3. The number of aromatic nitrogens is 1. The molecule has 1 aliphatic rings. The highest BCUT2D eigenvalue weighted by Crippen LogP contribution is 2.33. The van der Waals surface area contributed by atoms with Gasteiger partial charge in [0.1, 0.15) is 5.75 Å². The van der Waals surface area contributed by atoms with Gasteiger partial charge >= 0.3 is 5.91 Å². The van der Waals surface area contributed by atoms with E-state index in [2.05, 4.69) is 19.1 Å². The van der Waals surface area contributed by atoms with Crippen molar-refractivity contribution in [2.45, 2.75) is 38.8 Å². The maximum absolute atomic E-state index is 13.3. The molecule has 0 N–H and O–H groups in total. The predicted molar refractivity (Wildman–Crippen MR) is 121 cm³/mol. The standard InChI is InChI=1S/C26H28N3O2/c1-3-7-20-14-16-28(17-15-20)19-26(30)29-25(22-10-12-23(31-2)13-11-22)18-24(27-29)21-8-5-4-6-9-21/h4-6,8-17,25H,3,7,18-19H2,1-2H3/q+1/t25-/m0/s1. The Morgan fingerprint density at radius 2 is 1.77 bits per heavy atom. The van der Waals surface area contributed by atoms with Crippen molar-refractivity contribution < 1.29 is 14.1 Å². The van der Waals surface area contributed by atoms with Gasteiger partial charge in [0.25, 0.3) is 0 Å². The van der Waals surface area contributed by atoms with Gasteiger partial charge in [-0.05, 0) is 35.2 Å². The molecule has 1 atom stereocenters. The largest absolute Gasteiger partial charge is 0.497 e. The third-order valence-electron chi connectivity index (χ3n) is 5.59. The molecule has 0 radical (unpaired) electrons. The van der Waals surface area contributed by atoms with Crippen LogP contribution in [-0.4, -0.2) is 23.7 Å². The number of aryl methyl sites for hydroxylation is 1. The average molecular weight is 415 g/mol. The number of carbonyl (C=O) groups is 1. The highest BCUT2D eigenvalue weighted by molar-refractivity contribution is 6.03. The van der Waals surface area contributed by atoms with Crippen molar-refractivity contribution in [3.05, 3.63) is 95.8 Å². The van der Waals surface area contributed by atoms with E-state index in [1.807, 2.05) is 71.6 Å². The number of pyridine rings is 1. The zero-order valence-corrected chi connectivity index (χ0v) is 18.1. The minimum Gasteiger partial charge on any atom is -0.497 e. The van der Waals surface area contributed by atoms with Crippen molar-refractivity contribution in [3.63, 3.8) is 0 Å². The Kier molecular flexibility index (Phi) is 6.41. The molecule has 0 bridgehead atoms. The van der Waals surface area contributed by atoms with Gasteiger partial charge in [-0.2, -0.15) is 9.67 Å². The summed E-state index contributed by atoms with van der Waals surface area (Å²) >= 11 is 0. The molecule has 5 heteroatoms. The van der Waals surface area contributed by atoms with E-state index in [0.717, 1.165) is 35.4 Å². The second-order valence-corrected chi connectivity index (χ2v) is 7.77. The molecular formula is C26H28N3O2+. The van der Waals surface area contributed by atoms with E-state index in [9.17, 15) is 4.79 Å². The molecule has 4 rings (SSSR count). The zero-order chi connectivity index (χ0) is 21.6. The number of hydrogen-bond donors (Lipinski definition) is 0. The van der Waals surface area contributed by atoms with Crippen LogP contribution in [0.1, 0.15) is 42.5 Å². The highest BCUT2D eigenvalue weighted by atomic mass is 16.5. The summed E-state index contributed by atoms with van der Waals surface area (Å²) in [5.41, 5.74) is 4.31. The minimum atomic E-state index is -0.131. The van der Waals surface area contributed by atoms with Gasteiger partial charge in [-0.25, -0.2) is 5.01 Å². The van der Waals surface area contributed by atoms with Crippen molar-refractivity contribution in [1.82, 2.24) is 5.01 Å². The van der Waals surface area contributed by atoms with Crippen molar-refractivity contribution in [2.24, 2.45) is 5.10 Å². The molecule has 1 amide bonds. The van der Waals surface area contributed by atoms with Gasteiger partial charge in [0.15, 0.2) is 12.4 Å². The number of benzene rings is 2. The quantitative estimate of drug-likeness (QED) is 0.541. The topological polar surface area (TPSA) is 45.8 Å². The molecule has 0 fully saturated rings. The highest BCUT2D eigenvalue weighted by Gasteiger charge is 2.34. The molecule has 31 heavy (non-hydrogen) atoms.